The molecule has 0 saturated heterocycles. The van der Waals surface area contributed by atoms with Crippen molar-refractivity contribution in [1.82, 2.24) is 10.6 Å². The van der Waals surface area contributed by atoms with Gasteiger partial charge >= 0.3 is 5.97 Å². The predicted octanol–water partition coefficient (Wildman–Crippen LogP) is 7.38. The second kappa shape index (κ2) is 17.3. The fourth-order valence-electron chi connectivity index (χ4n) is 5.72. The van der Waals surface area contributed by atoms with Crippen molar-refractivity contribution in [3.8, 4) is 16.9 Å². The molecule has 260 valence electrons. The minimum Gasteiger partial charge on any atom is -0.497 e. The van der Waals surface area contributed by atoms with Crippen LogP contribution in [-0.2, 0) is 30.3 Å². The molecule has 48 heavy (non-hydrogen) atoms. The molecule has 0 aliphatic heterocycles. The summed E-state index contributed by atoms with van der Waals surface area (Å²) in [7, 11) is 3.25. The molecule has 0 fully saturated rings. The standard InChI is InChI=1S/C40H54N2O6/c1-27-23-28(21-22-33(27)30-18-14-20-32(24-30)47-9)15-13-19-31(25-35(43)48-40(5,6)7)37(44)42-36(39(2,3)4)38(45)41-34(26-46-8)29-16-11-10-12-17-29/h10-12,14,16-18,20-24,31,34,36H,13,15,19,25-26H2,1-9H3,(H,41,45)(H,42,44)/t31-,34-,36-/m1/s1. The van der Waals surface area contributed by atoms with Crippen LogP contribution in [0, 0.1) is 18.3 Å². The number of esters is 1. The van der Waals surface area contributed by atoms with Crippen LogP contribution in [0.2, 0.25) is 0 Å². The number of rotatable bonds is 15. The third-order valence-electron chi connectivity index (χ3n) is 8.16. The summed E-state index contributed by atoms with van der Waals surface area (Å²) in [5.74, 6) is -0.962. The highest BCUT2D eigenvalue weighted by Gasteiger charge is 2.36. The van der Waals surface area contributed by atoms with Gasteiger partial charge in [-0.25, -0.2) is 0 Å². The molecule has 2 amide bonds. The van der Waals surface area contributed by atoms with Crippen LogP contribution in [0.1, 0.15) is 83.5 Å². The van der Waals surface area contributed by atoms with E-state index in [0.29, 0.717) is 12.8 Å². The maximum Gasteiger partial charge on any atom is 0.307 e. The van der Waals surface area contributed by atoms with Gasteiger partial charge in [0.1, 0.15) is 17.4 Å². The highest BCUT2D eigenvalue weighted by Crippen LogP contribution is 2.29. The summed E-state index contributed by atoms with van der Waals surface area (Å²) in [6, 6.07) is 22.7. The van der Waals surface area contributed by atoms with Crippen molar-refractivity contribution in [3.05, 3.63) is 89.5 Å². The normalized spacial score (nSPS) is 13.6. The molecule has 0 spiro atoms. The van der Waals surface area contributed by atoms with E-state index in [1.165, 1.54) is 0 Å². The average Bonchev–Trinajstić information content (AvgIpc) is 3.01. The summed E-state index contributed by atoms with van der Waals surface area (Å²) in [4.78, 5) is 40.6. The molecule has 0 unspecified atom stereocenters. The van der Waals surface area contributed by atoms with Gasteiger partial charge in [0.25, 0.3) is 0 Å². The van der Waals surface area contributed by atoms with Crippen molar-refractivity contribution in [1.29, 1.82) is 0 Å². The predicted molar refractivity (Wildman–Crippen MR) is 191 cm³/mol. The van der Waals surface area contributed by atoms with E-state index in [4.69, 9.17) is 14.2 Å². The van der Waals surface area contributed by atoms with E-state index in [0.717, 1.165) is 40.0 Å². The first-order valence-corrected chi connectivity index (χ1v) is 16.7. The van der Waals surface area contributed by atoms with Crippen LogP contribution in [0.3, 0.4) is 0 Å². The Balaban J connectivity index is 1.76. The Hall–Kier alpha value is -4.17. The summed E-state index contributed by atoms with van der Waals surface area (Å²) in [5.41, 5.74) is 4.13. The number of hydrogen-bond acceptors (Lipinski definition) is 6. The lowest BCUT2D eigenvalue weighted by Gasteiger charge is -2.33. The quantitative estimate of drug-likeness (QED) is 0.165. The van der Waals surface area contributed by atoms with E-state index in [1.807, 2.05) is 69.3 Å². The van der Waals surface area contributed by atoms with E-state index in [2.05, 4.69) is 41.8 Å². The number of carbonyl (C=O) groups excluding carboxylic acids is 3. The van der Waals surface area contributed by atoms with Gasteiger partial charge in [-0.05, 0) is 92.3 Å². The van der Waals surface area contributed by atoms with Crippen LogP contribution in [-0.4, -0.2) is 50.3 Å². The molecule has 0 radical (unpaired) electrons. The Kier molecular flexibility index (Phi) is 13.8. The third-order valence-corrected chi connectivity index (χ3v) is 8.16. The van der Waals surface area contributed by atoms with E-state index in [1.54, 1.807) is 35.0 Å². The Labute approximate surface area is 286 Å². The topological polar surface area (TPSA) is 103 Å². The maximum absolute atomic E-state index is 13.9. The Morgan fingerprint density at radius 2 is 1.52 bits per heavy atom. The monoisotopic (exact) mass is 658 g/mol. The molecule has 8 nitrogen and oxygen atoms in total. The summed E-state index contributed by atoms with van der Waals surface area (Å²) >= 11 is 0. The summed E-state index contributed by atoms with van der Waals surface area (Å²) in [6.07, 6.45) is 1.79. The van der Waals surface area contributed by atoms with E-state index >= 15 is 0 Å². The van der Waals surface area contributed by atoms with Gasteiger partial charge in [-0.3, -0.25) is 14.4 Å². The molecular formula is C40H54N2O6. The van der Waals surface area contributed by atoms with Gasteiger partial charge in [0.05, 0.1) is 26.2 Å². The van der Waals surface area contributed by atoms with Crippen LogP contribution in [0.5, 0.6) is 5.75 Å². The molecule has 2 N–H and O–H groups in total. The van der Waals surface area contributed by atoms with Crippen molar-refractivity contribution in [2.45, 2.75) is 91.8 Å². The average molecular weight is 659 g/mol. The number of ether oxygens (including phenoxy) is 3. The second-order valence-corrected chi connectivity index (χ2v) is 14.5. The molecule has 0 aliphatic rings. The van der Waals surface area contributed by atoms with E-state index < -0.39 is 28.9 Å². The molecule has 3 rings (SSSR count). The molecule has 3 aromatic carbocycles. The number of hydrogen-bond donors (Lipinski definition) is 2. The van der Waals surface area contributed by atoms with Gasteiger partial charge in [-0.1, -0.05) is 81.4 Å². The van der Waals surface area contributed by atoms with Crippen LogP contribution < -0.4 is 15.4 Å². The van der Waals surface area contributed by atoms with Crippen molar-refractivity contribution in [2.75, 3.05) is 20.8 Å². The van der Waals surface area contributed by atoms with Gasteiger partial charge in [0.15, 0.2) is 0 Å². The first-order chi connectivity index (χ1) is 22.6. The lowest BCUT2D eigenvalue weighted by Crippen LogP contribution is -2.55. The zero-order chi connectivity index (χ0) is 35.5. The number of nitrogens with one attached hydrogen (secondary N) is 2. The minimum absolute atomic E-state index is 0.0777. The molecule has 0 bridgehead atoms. The molecule has 3 atom stereocenters. The fourth-order valence-corrected chi connectivity index (χ4v) is 5.72. The first kappa shape index (κ1) is 38.3. The molecule has 0 heterocycles. The second-order valence-electron chi connectivity index (χ2n) is 14.5. The van der Waals surface area contributed by atoms with Crippen molar-refractivity contribution in [3.63, 3.8) is 0 Å². The zero-order valence-corrected chi connectivity index (χ0v) is 30.1. The molecular weight excluding hydrogens is 604 g/mol. The molecule has 0 aromatic heterocycles. The van der Waals surface area contributed by atoms with Gasteiger partial charge in [-0.2, -0.15) is 0 Å². The molecule has 0 aliphatic carbocycles. The highest BCUT2D eigenvalue weighted by molar-refractivity contribution is 5.90. The van der Waals surface area contributed by atoms with E-state index in [9.17, 15) is 14.4 Å². The number of methoxy groups -OCH3 is 2. The summed E-state index contributed by atoms with van der Waals surface area (Å²) in [6.45, 7) is 13.5. The smallest absolute Gasteiger partial charge is 0.307 e. The van der Waals surface area contributed by atoms with Crippen molar-refractivity contribution in [2.24, 2.45) is 11.3 Å². The maximum atomic E-state index is 13.9. The Morgan fingerprint density at radius 3 is 2.12 bits per heavy atom. The largest absolute Gasteiger partial charge is 0.497 e. The summed E-state index contributed by atoms with van der Waals surface area (Å²) < 4.78 is 16.4. The van der Waals surface area contributed by atoms with E-state index in [-0.39, 0.29) is 30.9 Å². The van der Waals surface area contributed by atoms with Crippen LogP contribution in [0.4, 0.5) is 0 Å². The molecule has 8 heteroatoms. The number of benzene rings is 3. The summed E-state index contributed by atoms with van der Waals surface area (Å²) in [5, 5.41) is 6.08. The van der Waals surface area contributed by atoms with Gasteiger partial charge in [0, 0.05) is 13.0 Å². The lowest BCUT2D eigenvalue weighted by atomic mass is 9.85. The molecule has 3 aromatic rings. The van der Waals surface area contributed by atoms with Crippen LogP contribution in [0.15, 0.2) is 72.8 Å². The fraction of sp³-hybridized carbons (Fsp3) is 0.475. The number of carbonyl (C=O) groups is 3. The van der Waals surface area contributed by atoms with Gasteiger partial charge in [0.2, 0.25) is 11.8 Å². The lowest BCUT2D eigenvalue weighted by molar-refractivity contribution is -0.157. The number of aryl methyl sites for hydroxylation is 2. The number of amides is 2. The highest BCUT2D eigenvalue weighted by atomic mass is 16.6. The Morgan fingerprint density at radius 1 is 0.812 bits per heavy atom. The van der Waals surface area contributed by atoms with Crippen molar-refractivity contribution >= 4 is 17.8 Å². The zero-order valence-electron chi connectivity index (χ0n) is 30.1. The van der Waals surface area contributed by atoms with Gasteiger partial charge in [-0.15, -0.1) is 0 Å². The van der Waals surface area contributed by atoms with Crippen LogP contribution >= 0.6 is 0 Å². The molecule has 0 saturated carbocycles. The minimum atomic E-state index is -0.846. The third kappa shape index (κ3) is 11.8. The Bertz CT molecular complexity index is 1510. The SMILES string of the molecule is COC[C@@H](NC(=O)[C@@H](NC(=O)[C@H](CCCc1ccc(-c2cccc(OC)c2)c(C)c1)CC(=O)OC(C)(C)C)C(C)(C)C)c1ccccc1. The van der Waals surface area contributed by atoms with Crippen LogP contribution in [0.25, 0.3) is 11.1 Å². The van der Waals surface area contributed by atoms with Crippen molar-refractivity contribution < 1.29 is 28.6 Å². The van der Waals surface area contributed by atoms with Gasteiger partial charge < -0.3 is 24.8 Å². The first-order valence-electron chi connectivity index (χ1n) is 16.7.